The van der Waals surface area contributed by atoms with Crippen molar-refractivity contribution in [2.24, 2.45) is 0 Å². The Labute approximate surface area is 131 Å². The fourth-order valence-electron chi connectivity index (χ4n) is 2.28. The van der Waals surface area contributed by atoms with Crippen LogP contribution in [0.1, 0.15) is 5.56 Å². The van der Waals surface area contributed by atoms with Crippen molar-refractivity contribution in [1.29, 1.82) is 0 Å². The number of ether oxygens (including phenoxy) is 1. The van der Waals surface area contributed by atoms with E-state index >= 15 is 0 Å². The summed E-state index contributed by atoms with van der Waals surface area (Å²) < 4.78 is 8.42. The van der Waals surface area contributed by atoms with Crippen LogP contribution in [-0.4, -0.2) is 11.7 Å². The second kappa shape index (κ2) is 5.51. The first kappa shape index (κ1) is 13.5. The summed E-state index contributed by atoms with van der Waals surface area (Å²) >= 11 is 9.71. The number of nitrogens with zero attached hydrogens (tertiary/aromatic N) is 1. The molecule has 0 aliphatic carbocycles. The Morgan fingerprint density at radius 2 is 2.00 bits per heavy atom. The topological polar surface area (TPSA) is 14.2 Å². The van der Waals surface area contributed by atoms with E-state index in [0.717, 1.165) is 32.7 Å². The molecule has 0 radical (unpaired) electrons. The van der Waals surface area contributed by atoms with Gasteiger partial charge in [-0.2, -0.15) is 0 Å². The monoisotopic (exact) mass is 349 g/mol. The first-order chi connectivity index (χ1) is 9.67. The molecule has 0 saturated heterocycles. The zero-order valence-corrected chi connectivity index (χ0v) is 13.3. The third-order valence-electron chi connectivity index (χ3n) is 3.33. The molecular weight excluding hydrogens is 338 g/mol. The number of halogens is 2. The van der Waals surface area contributed by atoms with Gasteiger partial charge in [-0.3, -0.25) is 0 Å². The highest BCUT2D eigenvalue weighted by Gasteiger charge is 2.06. The summed E-state index contributed by atoms with van der Waals surface area (Å²) in [5.41, 5.74) is 2.27. The van der Waals surface area contributed by atoms with Gasteiger partial charge in [0.1, 0.15) is 5.75 Å². The third-order valence-corrected chi connectivity index (χ3v) is 4.18. The molecule has 0 spiro atoms. The zero-order chi connectivity index (χ0) is 14.1. The van der Waals surface area contributed by atoms with Crippen molar-refractivity contribution < 1.29 is 4.74 Å². The Balaban J connectivity index is 1.98. The van der Waals surface area contributed by atoms with Gasteiger partial charge in [0.15, 0.2) is 0 Å². The number of aromatic nitrogens is 1. The summed E-state index contributed by atoms with van der Waals surface area (Å²) in [6.07, 6.45) is 2.07. The average Bonchev–Trinajstić information content (AvgIpc) is 2.84. The predicted octanol–water partition coefficient (Wildman–Crippen LogP) is 5.11. The summed E-state index contributed by atoms with van der Waals surface area (Å²) in [7, 11) is 1.68. The fourth-order valence-corrected chi connectivity index (χ4v) is 3.01. The molecule has 0 bridgehead atoms. The number of rotatable bonds is 3. The van der Waals surface area contributed by atoms with Crippen LogP contribution in [0.5, 0.6) is 5.75 Å². The van der Waals surface area contributed by atoms with Gasteiger partial charge in [-0.1, -0.05) is 33.6 Å². The molecule has 102 valence electrons. The predicted molar refractivity (Wildman–Crippen MR) is 86.7 cm³/mol. The van der Waals surface area contributed by atoms with E-state index in [4.69, 9.17) is 16.3 Å². The molecule has 1 heterocycles. The van der Waals surface area contributed by atoms with Crippen molar-refractivity contribution in [3.63, 3.8) is 0 Å². The molecule has 1 aromatic heterocycles. The molecule has 3 aromatic rings. The van der Waals surface area contributed by atoms with Crippen LogP contribution in [0.15, 0.2) is 53.1 Å². The van der Waals surface area contributed by atoms with Crippen LogP contribution < -0.4 is 4.74 Å². The highest BCUT2D eigenvalue weighted by molar-refractivity contribution is 9.10. The minimum atomic E-state index is 0.752. The van der Waals surface area contributed by atoms with Gasteiger partial charge in [0, 0.05) is 33.1 Å². The maximum atomic E-state index is 6.28. The molecule has 0 unspecified atom stereocenters. The summed E-state index contributed by atoms with van der Waals surface area (Å²) in [6.45, 7) is 0.752. The van der Waals surface area contributed by atoms with Gasteiger partial charge in [0.2, 0.25) is 0 Å². The van der Waals surface area contributed by atoms with E-state index < -0.39 is 0 Å². The second-order valence-corrected chi connectivity index (χ2v) is 5.93. The number of hydrogen-bond acceptors (Lipinski definition) is 1. The van der Waals surface area contributed by atoms with Crippen LogP contribution >= 0.6 is 27.5 Å². The first-order valence-electron chi connectivity index (χ1n) is 6.24. The van der Waals surface area contributed by atoms with E-state index in [1.54, 1.807) is 7.11 Å². The van der Waals surface area contributed by atoms with Crippen LogP contribution in [0.4, 0.5) is 0 Å². The Bertz CT molecular complexity index is 766. The molecule has 0 N–H and O–H groups in total. The third kappa shape index (κ3) is 2.56. The van der Waals surface area contributed by atoms with Crippen molar-refractivity contribution in [1.82, 2.24) is 4.57 Å². The summed E-state index contributed by atoms with van der Waals surface area (Å²) in [6, 6.07) is 14.1. The minimum Gasteiger partial charge on any atom is -0.497 e. The Morgan fingerprint density at radius 3 is 2.75 bits per heavy atom. The Kier molecular flexibility index (Phi) is 3.72. The standard InChI is InChI=1S/C16H13BrClNO/c1-20-14-4-5-16-11(8-14)6-7-19(16)10-12-2-3-13(17)9-15(12)18/h2-9H,10H2,1H3. The Morgan fingerprint density at radius 1 is 1.15 bits per heavy atom. The van der Waals surface area contributed by atoms with Gasteiger partial charge in [-0.25, -0.2) is 0 Å². The fraction of sp³-hybridized carbons (Fsp3) is 0.125. The van der Waals surface area contributed by atoms with Crippen LogP contribution in [-0.2, 0) is 6.54 Å². The molecule has 2 nitrogen and oxygen atoms in total. The van der Waals surface area contributed by atoms with E-state index in [1.807, 2.05) is 30.3 Å². The van der Waals surface area contributed by atoms with Gasteiger partial charge in [-0.15, -0.1) is 0 Å². The molecule has 2 aromatic carbocycles. The lowest BCUT2D eigenvalue weighted by atomic mass is 10.2. The minimum absolute atomic E-state index is 0.752. The quantitative estimate of drug-likeness (QED) is 0.640. The maximum Gasteiger partial charge on any atom is 0.119 e. The van der Waals surface area contributed by atoms with E-state index in [-0.39, 0.29) is 0 Å². The molecular formula is C16H13BrClNO. The largest absolute Gasteiger partial charge is 0.497 e. The van der Waals surface area contributed by atoms with Gasteiger partial charge < -0.3 is 9.30 Å². The highest BCUT2D eigenvalue weighted by Crippen LogP contribution is 2.26. The van der Waals surface area contributed by atoms with Crippen molar-refractivity contribution in [2.45, 2.75) is 6.54 Å². The maximum absolute atomic E-state index is 6.28. The van der Waals surface area contributed by atoms with Crippen molar-refractivity contribution in [3.8, 4) is 5.75 Å². The van der Waals surface area contributed by atoms with Crippen LogP contribution in [0.2, 0.25) is 5.02 Å². The van der Waals surface area contributed by atoms with E-state index in [2.05, 4.69) is 38.8 Å². The van der Waals surface area contributed by atoms with Crippen LogP contribution in [0.3, 0.4) is 0 Å². The lowest BCUT2D eigenvalue weighted by molar-refractivity contribution is 0.415. The average molecular weight is 351 g/mol. The molecule has 0 amide bonds. The molecule has 0 atom stereocenters. The summed E-state index contributed by atoms with van der Waals surface area (Å²) in [5, 5.41) is 1.94. The summed E-state index contributed by atoms with van der Waals surface area (Å²) in [4.78, 5) is 0. The molecule has 0 aliphatic heterocycles. The summed E-state index contributed by atoms with van der Waals surface area (Å²) in [5.74, 6) is 0.872. The van der Waals surface area contributed by atoms with E-state index in [9.17, 15) is 0 Å². The van der Waals surface area contributed by atoms with Gasteiger partial charge in [0.25, 0.3) is 0 Å². The van der Waals surface area contributed by atoms with Crippen LogP contribution in [0.25, 0.3) is 10.9 Å². The van der Waals surface area contributed by atoms with Crippen molar-refractivity contribution in [2.75, 3.05) is 7.11 Å². The van der Waals surface area contributed by atoms with Crippen molar-refractivity contribution >= 4 is 38.4 Å². The van der Waals surface area contributed by atoms with Crippen molar-refractivity contribution in [3.05, 3.63) is 63.7 Å². The molecule has 0 fully saturated rings. The molecule has 0 aliphatic rings. The van der Waals surface area contributed by atoms with E-state index in [0.29, 0.717) is 0 Å². The van der Waals surface area contributed by atoms with Gasteiger partial charge >= 0.3 is 0 Å². The molecule has 20 heavy (non-hydrogen) atoms. The van der Waals surface area contributed by atoms with E-state index in [1.165, 1.54) is 5.52 Å². The second-order valence-electron chi connectivity index (χ2n) is 4.60. The first-order valence-corrected chi connectivity index (χ1v) is 7.41. The van der Waals surface area contributed by atoms with Gasteiger partial charge in [0.05, 0.1) is 7.11 Å². The number of benzene rings is 2. The smallest absolute Gasteiger partial charge is 0.119 e. The highest BCUT2D eigenvalue weighted by atomic mass is 79.9. The normalized spacial score (nSPS) is 10.9. The molecule has 0 saturated carbocycles. The number of hydrogen-bond donors (Lipinski definition) is 0. The number of methoxy groups -OCH3 is 1. The zero-order valence-electron chi connectivity index (χ0n) is 10.9. The lowest BCUT2D eigenvalue weighted by Gasteiger charge is -2.08. The Hall–Kier alpha value is -1.45. The molecule has 4 heteroatoms. The van der Waals surface area contributed by atoms with Gasteiger partial charge in [-0.05, 0) is 42.0 Å². The lowest BCUT2D eigenvalue weighted by Crippen LogP contribution is -1.98. The molecule has 3 rings (SSSR count). The SMILES string of the molecule is COc1ccc2c(ccn2Cc2ccc(Br)cc2Cl)c1. The van der Waals surface area contributed by atoms with Crippen LogP contribution in [0, 0.1) is 0 Å². The number of fused-ring (bicyclic) bond motifs is 1.